The minimum Gasteiger partial charge on any atom is -0.468 e. The van der Waals surface area contributed by atoms with Crippen molar-refractivity contribution in [1.82, 2.24) is 9.88 Å². The molecule has 1 aromatic carbocycles. The summed E-state index contributed by atoms with van der Waals surface area (Å²) in [4.78, 5) is 11.1. The Balaban J connectivity index is 1.28. The van der Waals surface area contributed by atoms with Crippen LogP contribution in [0.5, 0.6) is 5.75 Å². The van der Waals surface area contributed by atoms with Crippen LogP contribution in [0.3, 0.4) is 0 Å². The minimum absolute atomic E-state index is 0.245. The highest BCUT2D eigenvalue weighted by Crippen LogP contribution is 2.31. The topological polar surface area (TPSA) is 47.1 Å². The first-order valence-corrected chi connectivity index (χ1v) is 11.7. The summed E-state index contributed by atoms with van der Waals surface area (Å²) in [7, 11) is 1.62. The molecule has 2 aliphatic heterocycles. The maximum atomic E-state index is 5.48. The quantitative estimate of drug-likeness (QED) is 0.491. The maximum absolute atomic E-state index is 5.48. The molecule has 0 spiro atoms. The lowest BCUT2D eigenvalue weighted by Crippen LogP contribution is -2.35. The van der Waals surface area contributed by atoms with Gasteiger partial charge in [0.05, 0.1) is 36.8 Å². The number of rotatable bonds is 7. The van der Waals surface area contributed by atoms with Gasteiger partial charge in [-0.2, -0.15) is 0 Å². The van der Waals surface area contributed by atoms with Gasteiger partial charge in [0, 0.05) is 48.8 Å². The van der Waals surface area contributed by atoms with Crippen LogP contribution in [0, 0.1) is 0 Å². The van der Waals surface area contributed by atoms with E-state index in [-0.39, 0.29) is 6.79 Å². The minimum atomic E-state index is 0.245. The van der Waals surface area contributed by atoms with E-state index in [1.54, 1.807) is 7.11 Å². The van der Waals surface area contributed by atoms with Crippen LogP contribution >= 0.6 is 11.3 Å². The van der Waals surface area contributed by atoms with Gasteiger partial charge in [-0.1, -0.05) is 6.07 Å². The standard InChI is InChI=1S/C25H27N3O3S/c1-29-18-31-22-5-2-19(3-6-22)24-7-4-20-8-9-28(16-25(20)26-24)21-14-23(32-17-21)15-27-10-12-30-13-11-27/h2-9,14,17H,10-13,15-16,18H2,1H3. The number of aromatic nitrogens is 1. The predicted molar refractivity (Wildman–Crippen MR) is 128 cm³/mol. The van der Waals surface area contributed by atoms with Gasteiger partial charge in [-0.05, 0) is 48.0 Å². The van der Waals surface area contributed by atoms with Gasteiger partial charge in [0.15, 0.2) is 6.79 Å². The Morgan fingerprint density at radius 1 is 1.09 bits per heavy atom. The monoisotopic (exact) mass is 449 g/mol. The van der Waals surface area contributed by atoms with E-state index in [4.69, 9.17) is 19.2 Å². The first kappa shape index (κ1) is 21.2. The van der Waals surface area contributed by atoms with Crippen molar-refractivity contribution < 1.29 is 14.2 Å². The number of pyridine rings is 1. The van der Waals surface area contributed by atoms with Gasteiger partial charge < -0.3 is 19.1 Å². The number of methoxy groups -OCH3 is 1. The van der Waals surface area contributed by atoms with Crippen molar-refractivity contribution >= 4 is 23.1 Å². The molecule has 2 aromatic heterocycles. The fourth-order valence-corrected chi connectivity index (χ4v) is 4.87. The Bertz CT molecular complexity index is 1070. The molecule has 0 N–H and O–H groups in total. The molecule has 0 bridgehead atoms. The third-order valence-corrected chi connectivity index (χ3v) is 6.62. The van der Waals surface area contributed by atoms with Crippen LogP contribution in [0.25, 0.3) is 17.3 Å². The molecule has 0 saturated carbocycles. The summed E-state index contributed by atoms with van der Waals surface area (Å²) in [6, 6.07) is 14.5. The SMILES string of the molecule is COCOc1ccc(-c2ccc3c(n2)CN(c2csc(CN4CCOCC4)c2)C=C3)cc1. The van der Waals surface area contributed by atoms with Crippen molar-refractivity contribution in [3.05, 3.63) is 70.2 Å². The van der Waals surface area contributed by atoms with E-state index in [0.717, 1.165) is 62.1 Å². The molecule has 2 aliphatic rings. The normalized spacial score (nSPS) is 16.2. The smallest absolute Gasteiger partial charge is 0.188 e. The number of anilines is 1. The molecule has 6 nitrogen and oxygen atoms in total. The van der Waals surface area contributed by atoms with Gasteiger partial charge >= 0.3 is 0 Å². The molecule has 0 aliphatic carbocycles. The van der Waals surface area contributed by atoms with Gasteiger partial charge in [-0.3, -0.25) is 9.88 Å². The van der Waals surface area contributed by atoms with E-state index in [1.165, 1.54) is 16.1 Å². The zero-order chi connectivity index (χ0) is 21.8. The number of nitrogens with zero attached hydrogens (tertiary/aromatic N) is 3. The highest BCUT2D eigenvalue weighted by molar-refractivity contribution is 7.10. The Kier molecular flexibility index (Phi) is 6.50. The zero-order valence-corrected chi connectivity index (χ0v) is 19.0. The van der Waals surface area contributed by atoms with Crippen LogP contribution in [-0.4, -0.2) is 50.1 Å². The second-order valence-corrected chi connectivity index (χ2v) is 8.91. The van der Waals surface area contributed by atoms with Crippen molar-refractivity contribution in [3.8, 4) is 17.0 Å². The summed E-state index contributed by atoms with van der Waals surface area (Å²) in [6.45, 7) is 5.70. The molecule has 0 unspecified atom stereocenters. The summed E-state index contributed by atoms with van der Waals surface area (Å²) in [5.41, 5.74) is 5.53. The Labute approximate surface area is 192 Å². The summed E-state index contributed by atoms with van der Waals surface area (Å²) in [6.07, 6.45) is 4.31. The van der Waals surface area contributed by atoms with Gasteiger partial charge in [0.1, 0.15) is 5.75 Å². The van der Waals surface area contributed by atoms with E-state index in [9.17, 15) is 0 Å². The van der Waals surface area contributed by atoms with Crippen LogP contribution in [0.4, 0.5) is 5.69 Å². The number of ether oxygens (including phenoxy) is 3. The third-order valence-electron chi connectivity index (χ3n) is 5.71. The molecule has 0 radical (unpaired) electrons. The van der Waals surface area contributed by atoms with Crippen LogP contribution in [-0.2, 0) is 22.6 Å². The highest BCUT2D eigenvalue weighted by atomic mass is 32.1. The molecular weight excluding hydrogens is 422 g/mol. The molecule has 166 valence electrons. The average Bonchev–Trinajstić information content (AvgIpc) is 3.31. The molecule has 5 rings (SSSR count). The molecular formula is C25H27N3O3S. The lowest BCUT2D eigenvalue weighted by atomic mass is 10.1. The van der Waals surface area contributed by atoms with E-state index >= 15 is 0 Å². The molecule has 7 heteroatoms. The van der Waals surface area contributed by atoms with E-state index in [1.807, 2.05) is 35.6 Å². The first-order valence-electron chi connectivity index (χ1n) is 10.8. The van der Waals surface area contributed by atoms with E-state index < -0.39 is 0 Å². The summed E-state index contributed by atoms with van der Waals surface area (Å²) >= 11 is 1.83. The maximum Gasteiger partial charge on any atom is 0.188 e. The summed E-state index contributed by atoms with van der Waals surface area (Å²) in [5, 5.41) is 2.24. The molecule has 0 atom stereocenters. The molecule has 3 aromatic rings. The van der Waals surface area contributed by atoms with Crippen LogP contribution in [0.2, 0.25) is 0 Å². The number of fused-ring (bicyclic) bond motifs is 1. The van der Waals surface area contributed by atoms with Gasteiger partial charge in [-0.25, -0.2) is 0 Å². The highest BCUT2D eigenvalue weighted by Gasteiger charge is 2.17. The number of hydrogen-bond acceptors (Lipinski definition) is 7. The van der Waals surface area contributed by atoms with Crippen molar-refractivity contribution in [2.75, 3.05) is 45.1 Å². The number of morpholine rings is 1. The molecule has 1 saturated heterocycles. The van der Waals surface area contributed by atoms with E-state index in [2.05, 4.69) is 45.7 Å². The Morgan fingerprint density at radius 3 is 2.75 bits per heavy atom. The number of hydrogen-bond donors (Lipinski definition) is 0. The first-order chi connectivity index (χ1) is 15.8. The fraction of sp³-hybridized carbons (Fsp3) is 0.320. The van der Waals surface area contributed by atoms with Crippen LogP contribution < -0.4 is 9.64 Å². The van der Waals surface area contributed by atoms with Crippen molar-refractivity contribution in [2.45, 2.75) is 13.1 Å². The Hall–Kier alpha value is -2.71. The second kappa shape index (κ2) is 9.83. The zero-order valence-electron chi connectivity index (χ0n) is 18.2. The average molecular weight is 450 g/mol. The van der Waals surface area contributed by atoms with Crippen molar-refractivity contribution in [2.24, 2.45) is 0 Å². The van der Waals surface area contributed by atoms with Crippen molar-refractivity contribution in [1.29, 1.82) is 0 Å². The second-order valence-electron chi connectivity index (χ2n) is 7.91. The van der Waals surface area contributed by atoms with Gasteiger partial charge in [0.2, 0.25) is 0 Å². The fourth-order valence-electron chi connectivity index (χ4n) is 3.94. The Morgan fingerprint density at radius 2 is 1.94 bits per heavy atom. The predicted octanol–water partition coefficient (Wildman–Crippen LogP) is 4.62. The summed E-state index contributed by atoms with van der Waals surface area (Å²) < 4.78 is 15.9. The molecule has 1 fully saturated rings. The number of benzene rings is 1. The largest absolute Gasteiger partial charge is 0.468 e. The van der Waals surface area contributed by atoms with E-state index in [0.29, 0.717) is 0 Å². The molecule has 4 heterocycles. The van der Waals surface area contributed by atoms with Gasteiger partial charge in [-0.15, -0.1) is 11.3 Å². The van der Waals surface area contributed by atoms with Gasteiger partial charge in [0.25, 0.3) is 0 Å². The summed E-state index contributed by atoms with van der Waals surface area (Å²) in [5.74, 6) is 0.785. The third kappa shape index (κ3) is 4.86. The lowest BCUT2D eigenvalue weighted by molar-refractivity contribution is 0.0346. The van der Waals surface area contributed by atoms with Crippen LogP contribution in [0.15, 0.2) is 54.0 Å². The number of thiophene rings is 1. The molecule has 0 amide bonds. The van der Waals surface area contributed by atoms with Crippen LogP contribution in [0.1, 0.15) is 16.1 Å². The molecule has 32 heavy (non-hydrogen) atoms. The van der Waals surface area contributed by atoms with Crippen molar-refractivity contribution in [3.63, 3.8) is 0 Å². The lowest BCUT2D eigenvalue weighted by Gasteiger charge is -2.26.